The molecule has 2 nitrogen and oxygen atoms in total. The van der Waals surface area contributed by atoms with Crippen LogP contribution in [0.5, 0.6) is 0 Å². The molecule has 1 atom stereocenters. The molecule has 0 unspecified atom stereocenters. The molecule has 0 aromatic heterocycles. The summed E-state index contributed by atoms with van der Waals surface area (Å²) >= 11 is 0. The van der Waals surface area contributed by atoms with Gasteiger partial charge >= 0.3 is 0 Å². The van der Waals surface area contributed by atoms with Crippen LogP contribution in [0.2, 0.25) is 0 Å². The van der Waals surface area contributed by atoms with Crippen molar-refractivity contribution in [2.24, 2.45) is 0 Å². The standard InChI is InChI=1S/C11H19NO/c1-2-3-4-5-8-11(13)9-6-7-10-12/h6-7,11,13H,2-5,8-9H2,1H3/t11-/m0/s1. The summed E-state index contributed by atoms with van der Waals surface area (Å²) in [7, 11) is 0. The summed E-state index contributed by atoms with van der Waals surface area (Å²) in [6.45, 7) is 2.17. The molecule has 0 aromatic carbocycles. The fourth-order valence-corrected chi connectivity index (χ4v) is 1.20. The van der Waals surface area contributed by atoms with Crippen LogP contribution in [0.3, 0.4) is 0 Å². The number of allylic oxidation sites excluding steroid dienone is 1. The summed E-state index contributed by atoms with van der Waals surface area (Å²) in [5, 5.41) is 17.6. The highest BCUT2D eigenvalue weighted by Gasteiger charge is 2.00. The largest absolute Gasteiger partial charge is 0.393 e. The number of rotatable bonds is 7. The summed E-state index contributed by atoms with van der Waals surface area (Å²) in [5.41, 5.74) is 0. The summed E-state index contributed by atoms with van der Waals surface area (Å²) in [6, 6.07) is 1.91. The molecule has 0 bridgehead atoms. The second-order valence-electron chi connectivity index (χ2n) is 3.27. The zero-order valence-corrected chi connectivity index (χ0v) is 8.37. The third-order valence-electron chi connectivity index (χ3n) is 1.99. The third kappa shape index (κ3) is 9.10. The van der Waals surface area contributed by atoms with Gasteiger partial charge in [-0.3, -0.25) is 0 Å². The van der Waals surface area contributed by atoms with Crippen LogP contribution in [0.1, 0.15) is 45.4 Å². The Morgan fingerprint density at radius 3 is 2.77 bits per heavy atom. The fourth-order valence-electron chi connectivity index (χ4n) is 1.20. The van der Waals surface area contributed by atoms with Gasteiger partial charge in [0.05, 0.1) is 12.2 Å². The van der Waals surface area contributed by atoms with Crippen LogP contribution in [0, 0.1) is 11.3 Å². The minimum Gasteiger partial charge on any atom is -0.393 e. The first-order valence-electron chi connectivity index (χ1n) is 5.04. The lowest BCUT2D eigenvalue weighted by Gasteiger charge is -2.06. The molecule has 2 heteroatoms. The number of nitrogens with zero attached hydrogens (tertiary/aromatic N) is 1. The lowest BCUT2D eigenvalue weighted by Crippen LogP contribution is -2.04. The predicted molar refractivity (Wildman–Crippen MR) is 54.1 cm³/mol. The van der Waals surface area contributed by atoms with Crippen LogP contribution < -0.4 is 0 Å². The Morgan fingerprint density at radius 2 is 2.15 bits per heavy atom. The van der Waals surface area contributed by atoms with E-state index in [9.17, 15) is 5.11 Å². The van der Waals surface area contributed by atoms with E-state index in [1.165, 1.54) is 25.3 Å². The molecule has 0 aromatic rings. The maximum atomic E-state index is 9.41. The first kappa shape index (κ1) is 12.2. The Bertz CT molecular complexity index is 169. The van der Waals surface area contributed by atoms with Crippen LogP contribution in [-0.2, 0) is 0 Å². The zero-order valence-electron chi connectivity index (χ0n) is 8.37. The van der Waals surface area contributed by atoms with Gasteiger partial charge in [0.25, 0.3) is 0 Å². The van der Waals surface area contributed by atoms with E-state index in [1.807, 2.05) is 6.07 Å². The molecule has 0 radical (unpaired) electrons. The highest BCUT2D eigenvalue weighted by Crippen LogP contribution is 2.07. The summed E-state index contributed by atoms with van der Waals surface area (Å²) in [4.78, 5) is 0. The van der Waals surface area contributed by atoms with Crippen molar-refractivity contribution in [2.45, 2.75) is 51.6 Å². The highest BCUT2D eigenvalue weighted by atomic mass is 16.3. The van der Waals surface area contributed by atoms with Crippen molar-refractivity contribution >= 4 is 0 Å². The van der Waals surface area contributed by atoms with Crippen molar-refractivity contribution in [1.82, 2.24) is 0 Å². The highest BCUT2D eigenvalue weighted by molar-refractivity contribution is 5.01. The normalized spacial score (nSPS) is 13.0. The van der Waals surface area contributed by atoms with E-state index in [0.717, 1.165) is 12.8 Å². The molecular weight excluding hydrogens is 162 g/mol. The molecule has 0 aliphatic heterocycles. The Balaban J connectivity index is 3.25. The molecule has 13 heavy (non-hydrogen) atoms. The second-order valence-corrected chi connectivity index (χ2v) is 3.27. The van der Waals surface area contributed by atoms with Crippen molar-refractivity contribution in [3.05, 3.63) is 12.2 Å². The SMILES string of the molecule is CCCCCC[C@H](O)CC=CC#N. The van der Waals surface area contributed by atoms with Crippen molar-refractivity contribution in [3.63, 3.8) is 0 Å². The van der Waals surface area contributed by atoms with E-state index in [0.29, 0.717) is 6.42 Å². The molecule has 0 saturated carbocycles. The van der Waals surface area contributed by atoms with Gasteiger partial charge in [0.15, 0.2) is 0 Å². The summed E-state index contributed by atoms with van der Waals surface area (Å²) < 4.78 is 0. The molecule has 74 valence electrons. The summed E-state index contributed by atoms with van der Waals surface area (Å²) in [6.07, 6.45) is 9.13. The smallest absolute Gasteiger partial charge is 0.0908 e. The van der Waals surface area contributed by atoms with Crippen molar-refractivity contribution < 1.29 is 5.11 Å². The van der Waals surface area contributed by atoms with Crippen LogP contribution in [0.4, 0.5) is 0 Å². The Kier molecular flexibility index (Phi) is 8.70. The average molecular weight is 181 g/mol. The molecule has 0 fully saturated rings. The summed E-state index contributed by atoms with van der Waals surface area (Å²) in [5.74, 6) is 0. The first-order valence-corrected chi connectivity index (χ1v) is 5.04. The van der Waals surface area contributed by atoms with Gasteiger partial charge in [-0.05, 0) is 12.8 Å². The fraction of sp³-hybridized carbons (Fsp3) is 0.727. The minimum atomic E-state index is -0.263. The van der Waals surface area contributed by atoms with Crippen LogP contribution >= 0.6 is 0 Å². The van der Waals surface area contributed by atoms with E-state index in [2.05, 4.69) is 6.92 Å². The van der Waals surface area contributed by atoms with E-state index >= 15 is 0 Å². The van der Waals surface area contributed by atoms with E-state index in [-0.39, 0.29) is 6.10 Å². The lowest BCUT2D eigenvalue weighted by molar-refractivity contribution is 0.164. The van der Waals surface area contributed by atoms with Crippen molar-refractivity contribution in [3.8, 4) is 6.07 Å². The van der Waals surface area contributed by atoms with Gasteiger partial charge in [0, 0.05) is 6.08 Å². The van der Waals surface area contributed by atoms with Crippen LogP contribution in [0.25, 0.3) is 0 Å². The minimum absolute atomic E-state index is 0.263. The Hall–Kier alpha value is -0.810. The Labute approximate surface area is 80.9 Å². The van der Waals surface area contributed by atoms with Crippen LogP contribution in [-0.4, -0.2) is 11.2 Å². The maximum absolute atomic E-state index is 9.41. The molecule has 0 aliphatic rings. The van der Waals surface area contributed by atoms with Gasteiger partial charge < -0.3 is 5.11 Å². The van der Waals surface area contributed by atoms with E-state index < -0.39 is 0 Å². The number of unbranched alkanes of at least 4 members (excludes halogenated alkanes) is 3. The van der Waals surface area contributed by atoms with E-state index in [1.54, 1.807) is 6.08 Å². The van der Waals surface area contributed by atoms with Gasteiger partial charge in [0.2, 0.25) is 0 Å². The third-order valence-corrected chi connectivity index (χ3v) is 1.99. The molecule has 1 N–H and O–H groups in total. The van der Waals surface area contributed by atoms with Gasteiger partial charge in [-0.15, -0.1) is 0 Å². The first-order chi connectivity index (χ1) is 6.31. The average Bonchev–Trinajstić information content (AvgIpc) is 2.13. The van der Waals surface area contributed by atoms with Gasteiger partial charge in [-0.25, -0.2) is 0 Å². The number of hydrogen-bond acceptors (Lipinski definition) is 2. The molecule has 0 heterocycles. The maximum Gasteiger partial charge on any atom is 0.0908 e. The van der Waals surface area contributed by atoms with E-state index in [4.69, 9.17) is 5.26 Å². The molecule has 0 amide bonds. The van der Waals surface area contributed by atoms with Gasteiger partial charge in [0.1, 0.15) is 0 Å². The topological polar surface area (TPSA) is 44.0 Å². The predicted octanol–water partition coefficient (Wildman–Crippen LogP) is 2.79. The monoisotopic (exact) mass is 181 g/mol. The lowest BCUT2D eigenvalue weighted by atomic mass is 10.1. The Morgan fingerprint density at radius 1 is 1.38 bits per heavy atom. The van der Waals surface area contributed by atoms with Crippen molar-refractivity contribution in [2.75, 3.05) is 0 Å². The molecule has 0 rings (SSSR count). The zero-order chi connectivity index (χ0) is 9.94. The van der Waals surface area contributed by atoms with Gasteiger partial charge in [-0.1, -0.05) is 38.7 Å². The number of nitriles is 1. The molecule has 0 saturated heterocycles. The van der Waals surface area contributed by atoms with Crippen LogP contribution in [0.15, 0.2) is 12.2 Å². The number of aliphatic hydroxyl groups excluding tert-OH is 1. The van der Waals surface area contributed by atoms with Crippen molar-refractivity contribution in [1.29, 1.82) is 5.26 Å². The number of aliphatic hydroxyl groups is 1. The molecular formula is C11H19NO. The molecule has 0 spiro atoms. The quantitative estimate of drug-likeness (QED) is 0.485. The van der Waals surface area contributed by atoms with Gasteiger partial charge in [-0.2, -0.15) is 5.26 Å². The second kappa shape index (κ2) is 9.28. The molecule has 0 aliphatic carbocycles. The number of hydrogen-bond donors (Lipinski definition) is 1.